The van der Waals surface area contributed by atoms with E-state index in [-0.39, 0.29) is 22.8 Å². The Morgan fingerprint density at radius 3 is 2.35 bits per heavy atom. The lowest BCUT2D eigenvalue weighted by Crippen LogP contribution is -2.30. The molecule has 0 aliphatic carbocycles. The van der Waals surface area contributed by atoms with Crippen molar-refractivity contribution in [3.05, 3.63) is 87.4 Å². The summed E-state index contributed by atoms with van der Waals surface area (Å²) in [6.45, 7) is 8.03. The first kappa shape index (κ1) is 26.1. The van der Waals surface area contributed by atoms with Crippen LogP contribution in [-0.2, 0) is 9.59 Å². The van der Waals surface area contributed by atoms with E-state index in [4.69, 9.17) is 21.1 Å². The second-order valence-electron chi connectivity index (χ2n) is 8.63. The zero-order valence-corrected chi connectivity index (χ0v) is 21.8. The Kier molecular flexibility index (Phi) is 7.45. The number of hydrogen-bond acceptors (Lipinski definition) is 6. The predicted octanol–water partition coefficient (Wildman–Crippen LogP) is 6.09. The van der Waals surface area contributed by atoms with Gasteiger partial charge in [0.05, 0.1) is 24.8 Å². The summed E-state index contributed by atoms with van der Waals surface area (Å²) in [5, 5.41) is 22.1. The SMILES string of the molecule is CCOc1ccc(/C(O)=C2\C(=O)C(=O)N(c3cccc(Cl)c3C)C2c2ccc(O)c(OCC)c2)cc1C. The van der Waals surface area contributed by atoms with Gasteiger partial charge in [0.1, 0.15) is 11.5 Å². The number of aliphatic hydroxyl groups excluding tert-OH is 1. The monoisotopic (exact) mass is 521 g/mol. The fourth-order valence-corrected chi connectivity index (χ4v) is 4.66. The van der Waals surface area contributed by atoms with Crippen LogP contribution in [0, 0.1) is 13.8 Å². The third kappa shape index (κ3) is 4.74. The summed E-state index contributed by atoms with van der Waals surface area (Å²) < 4.78 is 11.1. The number of hydrogen-bond donors (Lipinski definition) is 2. The number of Topliss-reactive ketones (excluding diaryl/α,β-unsaturated/α-hetero) is 1. The average Bonchev–Trinajstić information content (AvgIpc) is 3.13. The number of rotatable bonds is 7. The molecule has 1 aliphatic rings. The molecule has 7 nitrogen and oxygen atoms in total. The lowest BCUT2D eigenvalue weighted by atomic mass is 9.94. The second-order valence-corrected chi connectivity index (χ2v) is 9.03. The van der Waals surface area contributed by atoms with Gasteiger partial charge in [-0.15, -0.1) is 0 Å². The van der Waals surface area contributed by atoms with Gasteiger partial charge in [0.25, 0.3) is 11.7 Å². The van der Waals surface area contributed by atoms with E-state index in [9.17, 15) is 19.8 Å². The molecule has 1 aliphatic heterocycles. The van der Waals surface area contributed by atoms with Gasteiger partial charge in [0, 0.05) is 16.3 Å². The van der Waals surface area contributed by atoms with Gasteiger partial charge in [-0.1, -0.05) is 23.7 Å². The Hall–Kier alpha value is -3.97. The number of carbonyl (C=O) groups excluding carboxylic acids is 2. The molecule has 0 spiro atoms. The number of halogens is 1. The molecular weight excluding hydrogens is 494 g/mol. The number of nitrogens with zero attached hydrogens (tertiary/aromatic N) is 1. The molecule has 8 heteroatoms. The van der Waals surface area contributed by atoms with Crippen molar-refractivity contribution in [2.24, 2.45) is 0 Å². The van der Waals surface area contributed by atoms with Crippen molar-refractivity contribution in [1.82, 2.24) is 0 Å². The fraction of sp³-hybridized carbons (Fsp3) is 0.241. The zero-order valence-electron chi connectivity index (χ0n) is 21.0. The molecular formula is C29H28ClNO6. The highest BCUT2D eigenvalue weighted by molar-refractivity contribution is 6.52. The number of benzene rings is 3. The molecule has 1 amide bonds. The van der Waals surface area contributed by atoms with Crippen molar-refractivity contribution in [3.8, 4) is 17.2 Å². The highest BCUT2D eigenvalue weighted by atomic mass is 35.5. The Morgan fingerprint density at radius 2 is 1.68 bits per heavy atom. The van der Waals surface area contributed by atoms with E-state index in [2.05, 4.69) is 0 Å². The van der Waals surface area contributed by atoms with Gasteiger partial charge in [0.2, 0.25) is 0 Å². The maximum absolute atomic E-state index is 13.5. The lowest BCUT2D eigenvalue weighted by molar-refractivity contribution is -0.132. The van der Waals surface area contributed by atoms with E-state index >= 15 is 0 Å². The number of ketones is 1. The van der Waals surface area contributed by atoms with Crippen LogP contribution in [0.3, 0.4) is 0 Å². The maximum Gasteiger partial charge on any atom is 0.300 e. The van der Waals surface area contributed by atoms with E-state index in [0.29, 0.717) is 46.4 Å². The van der Waals surface area contributed by atoms with Crippen molar-refractivity contribution in [2.75, 3.05) is 18.1 Å². The number of aromatic hydroxyl groups is 1. The Morgan fingerprint density at radius 1 is 0.973 bits per heavy atom. The largest absolute Gasteiger partial charge is 0.507 e. The lowest BCUT2D eigenvalue weighted by Gasteiger charge is -2.27. The molecule has 0 radical (unpaired) electrons. The molecule has 1 unspecified atom stereocenters. The number of amides is 1. The number of carbonyl (C=O) groups is 2. The number of ether oxygens (including phenoxy) is 2. The predicted molar refractivity (Wildman–Crippen MR) is 143 cm³/mol. The number of anilines is 1. The molecule has 3 aromatic rings. The van der Waals surface area contributed by atoms with E-state index in [1.807, 2.05) is 13.8 Å². The first-order valence-corrected chi connectivity index (χ1v) is 12.3. The van der Waals surface area contributed by atoms with Crippen molar-refractivity contribution in [2.45, 2.75) is 33.7 Å². The summed E-state index contributed by atoms with van der Waals surface area (Å²) in [5.41, 5.74) is 2.58. The minimum absolute atomic E-state index is 0.0800. The van der Waals surface area contributed by atoms with Gasteiger partial charge >= 0.3 is 0 Å². The van der Waals surface area contributed by atoms with E-state index < -0.39 is 17.7 Å². The molecule has 1 heterocycles. The highest BCUT2D eigenvalue weighted by Gasteiger charge is 2.47. The van der Waals surface area contributed by atoms with Gasteiger partial charge in [-0.2, -0.15) is 0 Å². The molecule has 4 rings (SSSR count). The van der Waals surface area contributed by atoms with Crippen LogP contribution < -0.4 is 14.4 Å². The molecule has 0 aromatic heterocycles. The van der Waals surface area contributed by atoms with E-state index in [0.717, 1.165) is 5.56 Å². The van der Waals surface area contributed by atoms with Crippen molar-refractivity contribution >= 4 is 34.7 Å². The number of aryl methyl sites for hydroxylation is 1. The summed E-state index contributed by atoms with van der Waals surface area (Å²) in [6.07, 6.45) is 0. The summed E-state index contributed by atoms with van der Waals surface area (Å²) in [6, 6.07) is 13.8. The third-order valence-electron chi connectivity index (χ3n) is 6.29. The minimum Gasteiger partial charge on any atom is -0.507 e. The summed E-state index contributed by atoms with van der Waals surface area (Å²) in [4.78, 5) is 28.3. The first-order valence-electron chi connectivity index (χ1n) is 11.9. The summed E-state index contributed by atoms with van der Waals surface area (Å²) in [7, 11) is 0. The van der Waals surface area contributed by atoms with Gasteiger partial charge in [-0.25, -0.2) is 0 Å². The van der Waals surface area contributed by atoms with Gasteiger partial charge < -0.3 is 19.7 Å². The highest BCUT2D eigenvalue weighted by Crippen LogP contribution is 2.45. The molecule has 0 bridgehead atoms. The number of phenols is 1. The van der Waals surface area contributed by atoms with E-state index in [1.165, 1.54) is 11.0 Å². The van der Waals surface area contributed by atoms with Gasteiger partial charge in [0.15, 0.2) is 11.5 Å². The van der Waals surface area contributed by atoms with E-state index in [1.54, 1.807) is 62.4 Å². The smallest absolute Gasteiger partial charge is 0.300 e. The molecule has 1 fully saturated rings. The van der Waals surface area contributed by atoms with Crippen LogP contribution in [0.2, 0.25) is 5.02 Å². The topological polar surface area (TPSA) is 96.3 Å². The fourth-order valence-electron chi connectivity index (χ4n) is 4.50. The van der Waals surface area contributed by atoms with Crippen LogP contribution in [0.1, 0.15) is 42.1 Å². The minimum atomic E-state index is -0.996. The van der Waals surface area contributed by atoms with Crippen molar-refractivity contribution in [1.29, 1.82) is 0 Å². The molecule has 1 saturated heterocycles. The normalized spacial score (nSPS) is 16.8. The number of aliphatic hydroxyl groups is 1. The molecule has 1 atom stereocenters. The second kappa shape index (κ2) is 10.6. The molecule has 192 valence electrons. The van der Waals surface area contributed by atoms with Gasteiger partial charge in [-0.3, -0.25) is 14.5 Å². The maximum atomic E-state index is 13.5. The molecule has 2 N–H and O–H groups in total. The Labute approximate surface area is 220 Å². The quantitative estimate of drug-likeness (QED) is 0.222. The number of phenolic OH excluding ortho intramolecular Hbond substituents is 1. The average molecular weight is 522 g/mol. The Bertz CT molecular complexity index is 1410. The molecule has 37 heavy (non-hydrogen) atoms. The van der Waals surface area contributed by atoms with Crippen LogP contribution >= 0.6 is 11.6 Å². The van der Waals surface area contributed by atoms with Crippen LogP contribution in [0.25, 0.3) is 5.76 Å². The summed E-state index contributed by atoms with van der Waals surface area (Å²) in [5.74, 6) is -1.17. The van der Waals surface area contributed by atoms with Crippen LogP contribution in [0.5, 0.6) is 17.2 Å². The van der Waals surface area contributed by atoms with Crippen molar-refractivity contribution in [3.63, 3.8) is 0 Å². The zero-order chi connectivity index (χ0) is 26.9. The summed E-state index contributed by atoms with van der Waals surface area (Å²) >= 11 is 6.36. The van der Waals surface area contributed by atoms with Gasteiger partial charge in [-0.05, 0) is 86.8 Å². The molecule has 3 aromatic carbocycles. The first-order chi connectivity index (χ1) is 17.7. The van der Waals surface area contributed by atoms with Crippen LogP contribution in [0.4, 0.5) is 5.69 Å². The molecule has 0 saturated carbocycles. The van der Waals surface area contributed by atoms with Crippen molar-refractivity contribution < 1.29 is 29.3 Å². The van der Waals surface area contributed by atoms with Crippen LogP contribution in [-0.4, -0.2) is 35.1 Å². The standard InChI is InChI=1S/C29H28ClNO6/c1-5-36-23-13-11-19(14-16(23)3)27(33)25-26(18-10-12-22(32)24(15-18)37-6-2)31(29(35)28(25)34)21-9-7-8-20(30)17(21)4/h7-15,26,32-33H,5-6H2,1-4H3/b27-25+. The third-order valence-corrected chi connectivity index (χ3v) is 6.70. The Balaban J connectivity index is 1.97. The van der Waals surface area contributed by atoms with Crippen LogP contribution in [0.15, 0.2) is 60.2 Å².